The molecule has 1 saturated carbocycles. The highest BCUT2D eigenvalue weighted by atomic mass is 16.3. The minimum absolute atomic E-state index is 0.297. The van der Waals surface area contributed by atoms with E-state index < -0.39 is 5.60 Å². The maximum absolute atomic E-state index is 10.1. The lowest BCUT2D eigenvalue weighted by Crippen LogP contribution is -2.36. The summed E-state index contributed by atoms with van der Waals surface area (Å²) in [5, 5.41) is 18.1. The molecule has 0 bridgehead atoms. The summed E-state index contributed by atoms with van der Waals surface area (Å²) < 4.78 is 3.73. The van der Waals surface area contributed by atoms with Crippen molar-refractivity contribution in [3.8, 4) is 11.1 Å². The normalized spacial score (nSPS) is 23.1. The van der Waals surface area contributed by atoms with Gasteiger partial charge in [0.05, 0.1) is 17.3 Å². The molecule has 0 aliphatic heterocycles. The Hall–Kier alpha value is -3.00. The summed E-state index contributed by atoms with van der Waals surface area (Å²) in [6, 6.07) is 2.32. The maximum Gasteiger partial charge on any atom is 0.241 e. The molecule has 8 heteroatoms. The van der Waals surface area contributed by atoms with Crippen molar-refractivity contribution in [2.45, 2.75) is 44.2 Å². The van der Waals surface area contributed by atoms with Crippen LogP contribution in [0.15, 0.2) is 43.2 Å². The Morgan fingerprint density at radius 1 is 1.15 bits per heavy atom. The number of anilines is 1. The van der Waals surface area contributed by atoms with E-state index in [-0.39, 0.29) is 0 Å². The molecule has 1 aliphatic rings. The first kappa shape index (κ1) is 16.2. The molecule has 4 aromatic rings. The molecule has 0 atom stereocenters. The molecule has 4 aromatic heterocycles. The van der Waals surface area contributed by atoms with E-state index in [1.807, 2.05) is 52.9 Å². The molecule has 1 aliphatic carbocycles. The molecule has 4 heterocycles. The fourth-order valence-electron chi connectivity index (χ4n) is 3.73. The van der Waals surface area contributed by atoms with Gasteiger partial charge in [0.2, 0.25) is 11.7 Å². The Bertz CT molecular complexity index is 1100. The number of nitrogens with one attached hydrogen (secondary N) is 1. The van der Waals surface area contributed by atoms with Crippen molar-refractivity contribution in [1.29, 1.82) is 0 Å². The van der Waals surface area contributed by atoms with Crippen LogP contribution in [-0.2, 0) is 0 Å². The Morgan fingerprint density at radius 3 is 2.85 bits per heavy atom. The number of hydrogen-bond donors (Lipinski definition) is 2. The van der Waals surface area contributed by atoms with Crippen LogP contribution in [0.4, 0.5) is 5.95 Å². The largest absolute Gasteiger partial charge is 0.390 e. The van der Waals surface area contributed by atoms with Crippen LogP contribution >= 0.6 is 0 Å². The summed E-state index contributed by atoms with van der Waals surface area (Å²) in [6.45, 7) is 1.91. The van der Waals surface area contributed by atoms with Gasteiger partial charge in [-0.05, 0) is 38.7 Å². The molecule has 1 fully saturated rings. The maximum atomic E-state index is 10.1. The van der Waals surface area contributed by atoms with Gasteiger partial charge in [-0.25, -0.2) is 19.5 Å². The molecule has 0 radical (unpaired) electrons. The number of rotatable bonds is 3. The lowest BCUT2D eigenvalue weighted by molar-refractivity contribution is 0.0195. The Labute approximate surface area is 155 Å². The number of nitrogens with zero attached hydrogens (tertiary/aromatic N) is 6. The molecule has 0 aromatic carbocycles. The summed E-state index contributed by atoms with van der Waals surface area (Å²) in [6.07, 6.45) is 14.6. The fourth-order valence-corrected chi connectivity index (χ4v) is 3.73. The van der Waals surface area contributed by atoms with Gasteiger partial charge in [0.1, 0.15) is 0 Å². The summed E-state index contributed by atoms with van der Waals surface area (Å²) in [7, 11) is 0. The number of aromatic nitrogens is 6. The third kappa shape index (κ3) is 3.02. The molecule has 8 nitrogen and oxygen atoms in total. The van der Waals surface area contributed by atoms with Gasteiger partial charge in [-0.2, -0.15) is 0 Å². The van der Waals surface area contributed by atoms with Crippen molar-refractivity contribution in [1.82, 2.24) is 29.0 Å². The average molecular weight is 363 g/mol. The third-order valence-corrected chi connectivity index (χ3v) is 5.37. The quantitative estimate of drug-likeness (QED) is 0.581. The molecule has 27 heavy (non-hydrogen) atoms. The Balaban J connectivity index is 1.41. The lowest BCUT2D eigenvalue weighted by atomic mass is 9.84. The molecule has 0 spiro atoms. The van der Waals surface area contributed by atoms with Gasteiger partial charge in [0.15, 0.2) is 0 Å². The van der Waals surface area contributed by atoms with Gasteiger partial charge in [0, 0.05) is 48.2 Å². The molecule has 0 unspecified atom stereocenters. The van der Waals surface area contributed by atoms with E-state index in [1.54, 1.807) is 6.20 Å². The van der Waals surface area contributed by atoms with Crippen LogP contribution in [0.1, 0.15) is 32.6 Å². The van der Waals surface area contributed by atoms with Crippen LogP contribution in [0.25, 0.3) is 22.4 Å². The van der Waals surface area contributed by atoms with Gasteiger partial charge in [0.25, 0.3) is 0 Å². The summed E-state index contributed by atoms with van der Waals surface area (Å²) in [5.74, 6) is 1.29. The van der Waals surface area contributed by atoms with Gasteiger partial charge in [-0.1, -0.05) is 0 Å². The van der Waals surface area contributed by atoms with E-state index in [0.29, 0.717) is 17.8 Å². The lowest BCUT2D eigenvalue weighted by Gasteiger charge is -2.33. The van der Waals surface area contributed by atoms with Gasteiger partial charge < -0.3 is 10.4 Å². The highest BCUT2D eigenvalue weighted by Crippen LogP contribution is 2.29. The van der Waals surface area contributed by atoms with Crippen molar-refractivity contribution in [3.63, 3.8) is 0 Å². The molecule has 0 amide bonds. The summed E-state index contributed by atoms with van der Waals surface area (Å²) >= 11 is 0. The van der Waals surface area contributed by atoms with Crippen molar-refractivity contribution in [2.24, 2.45) is 0 Å². The highest BCUT2D eigenvalue weighted by molar-refractivity contribution is 5.79. The molecular weight excluding hydrogens is 342 g/mol. The van der Waals surface area contributed by atoms with Crippen LogP contribution in [0.3, 0.4) is 0 Å². The van der Waals surface area contributed by atoms with E-state index in [0.717, 1.165) is 42.3 Å². The second kappa shape index (κ2) is 6.02. The SMILES string of the molecule is CC1(O)CCC(Nc2ncc3c(-c4cnc5nccn5c4)ccn3n2)CC1. The Kier molecular flexibility index (Phi) is 3.61. The van der Waals surface area contributed by atoms with E-state index in [1.165, 1.54) is 0 Å². The highest BCUT2D eigenvalue weighted by Gasteiger charge is 2.28. The topological polar surface area (TPSA) is 92.6 Å². The second-order valence-electron chi connectivity index (χ2n) is 7.53. The zero-order chi connectivity index (χ0) is 18.4. The minimum Gasteiger partial charge on any atom is -0.390 e. The predicted molar refractivity (Wildman–Crippen MR) is 101 cm³/mol. The Morgan fingerprint density at radius 2 is 2.00 bits per heavy atom. The number of aliphatic hydroxyl groups is 1. The van der Waals surface area contributed by atoms with E-state index in [4.69, 9.17) is 0 Å². The molecule has 5 rings (SSSR count). The first-order valence-corrected chi connectivity index (χ1v) is 9.20. The van der Waals surface area contributed by atoms with Crippen LogP contribution in [0.5, 0.6) is 0 Å². The molecular formula is C19H21N7O. The zero-order valence-electron chi connectivity index (χ0n) is 15.1. The van der Waals surface area contributed by atoms with Crippen molar-refractivity contribution < 1.29 is 5.11 Å². The third-order valence-electron chi connectivity index (χ3n) is 5.37. The molecule has 2 N–H and O–H groups in total. The van der Waals surface area contributed by atoms with Gasteiger partial charge in [-0.3, -0.25) is 4.40 Å². The van der Waals surface area contributed by atoms with Crippen molar-refractivity contribution in [3.05, 3.63) is 43.2 Å². The first-order valence-electron chi connectivity index (χ1n) is 9.20. The summed E-state index contributed by atoms with van der Waals surface area (Å²) in [4.78, 5) is 13.1. The minimum atomic E-state index is -0.539. The second-order valence-corrected chi connectivity index (χ2v) is 7.53. The standard InChI is InChI=1S/C19H21N7O/c1-19(27)5-2-14(3-6-19)23-17-21-11-16-15(4-8-26(16)24-17)13-10-22-18-20-7-9-25(18)12-13/h4,7-12,14,27H,2-3,5-6H2,1H3,(H,23,24). The van der Waals surface area contributed by atoms with Crippen LogP contribution in [-0.4, -0.2) is 45.7 Å². The van der Waals surface area contributed by atoms with Gasteiger partial charge >= 0.3 is 0 Å². The van der Waals surface area contributed by atoms with Crippen molar-refractivity contribution >= 4 is 17.2 Å². The molecule has 138 valence electrons. The van der Waals surface area contributed by atoms with Crippen LogP contribution < -0.4 is 5.32 Å². The molecule has 0 saturated heterocycles. The average Bonchev–Trinajstić information content (AvgIpc) is 3.29. The first-order chi connectivity index (χ1) is 13.1. The number of fused-ring (bicyclic) bond motifs is 2. The van der Waals surface area contributed by atoms with Crippen LogP contribution in [0.2, 0.25) is 0 Å². The van der Waals surface area contributed by atoms with Crippen molar-refractivity contribution in [2.75, 3.05) is 5.32 Å². The number of imidazole rings is 1. The monoisotopic (exact) mass is 363 g/mol. The fraction of sp³-hybridized carbons (Fsp3) is 0.368. The van der Waals surface area contributed by atoms with E-state index >= 15 is 0 Å². The summed E-state index contributed by atoms with van der Waals surface area (Å²) in [5.41, 5.74) is 2.40. The van der Waals surface area contributed by atoms with E-state index in [9.17, 15) is 5.11 Å². The number of hydrogen-bond acceptors (Lipinski definition) is 6. The van der Waals surface area contributed by atoms with Gasteiger partial charge in [-0.15, -0.1) is 5.10 Å². The predicted octanol–water partition coefficient (Wildman–Crippen LogP) is 2.54. The van der Waals surface area contributed by atoms with E-state index in [2.05, 4.69) is 25.4 Å². The van der Waals surface area contributed by atoms with Crippen LogP contribution in [0, 0.1) is 0 Å². The zero-order valence-corrected chi connectivity index (χ0v) is 15.1. The smallest absolute Gasteiger partial charge is 0.241 e.